The third-order valence-corrected chi connectivity index (χ3v) is 5.49. The van der Waals surface area contributed by atoms with E-state index in [9.17, 15) is 4.79 Å². The minimum atomic E-state index is -0.153. The summed E-state index contributed by atoms with van der Waals surface area (Å²) in [6.45, 7) is 2.72. The van der Waals surface area contributed by atoms with Gasteiger partial charge in [-0.25, -0.2) is 0 Å². The second-order valence-corrected chi connectivity index (χ2v) is 6.34. The molecule has 2 unspecified atom stereocenters. The molecule has 0 radical (unpaired) electrons. The number of nitrogens with zero attached hydrogens (tertiary/aromatic N) is 1. The van der Waals surface area contributed by atoms with E-state index in [-0.39, 0.29) is 11.9 Å². The molecule has 4 heteroatoms. The van der Waals surface area contributed by atoms with E-state index in [0.29, 0.717) is 11.5 Å². The average Bonchev–Trinajstić information content (AvgIpc) is 2.39. The third kappa shape index (κ3) is 1.95. The fourth-order valence-corrected chi connectivity index (χ4v) is 4.40. The molecule has 2 aliphatic carbocycles. The van der Waals surface area contributed by atoms with Crippen LogP contribution in [0.3, 0.4) is 0 Å². The van der Waals surface area contributed by atoms with Crippen molar-refractivity contribution in [2.45, 2.75) is 57.0 Å². The number of carbonyl (C=O) groups is 1. The van der Waals surface area contributed by atoms with Crippen molar-refractivity contribution in [3.8, 4) is 0 Å². The molecule has 1 saturated heterocycles. The Morgan fingerprint density at radius 1 is 1.22 bits per heavy atom. The lowest BCUT2D eigenvalue weighted by molar-refractivity contribution is -0.132. The first-order chi connectivity index (χ1) is 8.73. The number of amides is 1. The average molecular weight is 251 g/mol. The quantitative estimate of drug-likeness (QED) is 0.765. The topological polar surface area (TPSA) is 58.4 Å². The van der Waals surface area contributed by atoms with Crippen LogP contribution in [0.2, 0.25) is 0 Å². The Morgan fingerprint density at radius 2 is 2.00 bits per heavy atom. The number of piperazine rings is 1. The standard InChI is InChI=1S/C14H25N3O/c15-13(18)11-10-16-8-9-17(11)12-4-7-14(12)5-2-1-3-6-14/h11-12,16H,1-10H2,(H2,15,18). The van der Waals surface area contributed by atoms with Gasteiger partial charge in [0.05, 0.1) is 0 Å². The summed E-state index contributed by atoms with van der Waals surface area (Å²) in [7, 11) is 0. The number of primary amides is 1. The minimum absolute atomic E-state index is 0.0807. The number of hydrogen-bond donors (Lipinski definition) is 2. The van der Waals surface area contributed by atoms with Gasteiger partial charge in [-0.2, -0.15) is 0 Å². The van der Waals surface area contributed by atoms with E-state index in [2.05, 4.69) is 10.2 Å². The molecule has 3 aliphatic rings. The highest BCUT2D eigenvalue weighted by Crippen LogP contribution is 2.54. The molecule has 1 amide bonds. The first-order valence-corrected chi connectivity index (χ1v) is 7.49. The molecule has 1 heterocycles. The Bertz CT molecular complexity index is 325. The second-order valence-electron chi connectivity index (χ2n) is 6.34. The zero-order valence-corrected chi connectivity index (χ0v) is 11.2. The third-order valence-electron chi connectivity index (χ3n) is 5.49. The SMILES string of the molecule is NC(=O)C1CNCCN1C1CCC12CCCCC2. The largest absolute Gasteiger partial charge is 0.368 e. The zero-order valence-electron chi connectivity index (χ0n) is 11.2. The van der Waals surface area contributed by atoms with Gasteiger partial charge in [0.2, 0.25) is 5.91 Å². The van der Waals surface area contributed by atoms with Gasteiger partial charge < -0.3 is 11.1 Å². The summed E-state index contributed by atoms with van der Waals surface area (Å²) in [5, 5.41) is 3.30. The van der Waals surface area contributed by atoms with Gasteiger partial charge in [0.1, 0.15) is 6.04 Å². The number of carbonyl (C=O) groups excluding carboxylic acids is 1. The molecule has 0 bridgehead atoms. The molecule has 2 saturated carbocycles. The number of nitrogens with one attached hydrogen (secondary N) is 1. The maximum atomic E-state index is 11.6. The van der Waals surface area contributed by atoms with E-state index in [4.69, 9.17) is 5.73 Å². The van der Waals surface area contributed by atoms with E-state index in [1.165, 1.54) is 44.9 Å². The molecule has 102 valence electrons. The number of nitrogens with two attached hydrogens (primary N) is 1. The molecule has 0 aromatic heterocycles. The normalized spacial score (nSPS) is 36.2. The van der Waals surface area contributed by atoms with Crippen LogP contribution in [0.5, 0.6) is 0 Å². The lowest BCUT2D eigenvalue weighted by Gasteiger charge is -2.58. The maximum absolute atomic E-state index is 11.6. The molecule has 3 N–H and O–H groups in total. The van der Waals surface area contributed by atoms with Crippen LogP contribution in [-0.2, 0) is 4.79 Å². The molecule has 3 rings (SSSR count). The number of hydrogen-bond acceptors (Lipinski definition) is 3. The van der Waals surface area contributed by atoms with E-state index < -0.39 is 0 Å². The maximum Gasteiger partial charge on any atom is 0.236 e. The summed E-state index contributed by atoms with van der Waals surface area (Å²) in [5.74, 6) is -0.153. The summed E-state index contributed by atoms with van der Waals surface area (Å²) in [5.41, 5.74) is 6.10. The van der Waals surface area contributed by atoms with Crippen molar-refractivity contribution in [3.63, 3.8) is 0 Å². The predicted molar refractivity (Wildman–Crippen MR) is 71.1 cm³/mol. The molecule has 0 aromatic carbocycles. The van der Waals surface area contributed by atoms with E-state index in [1.54, 1.807) is 0 Å². The Morgan fingerprint density at radius 3 is 2.61 bits per heavy atom. The highest BCUT2D eigenvalue weighted by Gasteiger charge is 2.51. The van der Waals surface area contributed by atoms with Crippen LogP contribution in [0, 0.1) is 5.41 Å². The molecular formula is C14H25N3O. The summed E-state index contributed by atoms with van der Waals surface area (Å²) in [6.07, 6.45) is 9.53. The Balaban J connectivity index is 1.74. The van der Waals surface area contributed by atoms with Crippen molar-refractivity contribution in [1.29, 1.82) is 0 Å². The van der Waals surface area contributed by atoms with Gasteiger partial charge >= 0.3 is 0 Å². The summed E-state index contributed by atoms with van der Waals surface area (Å²) < 4.78 is 0. The lowest BCUT2D eigenvalue weighted by atomic mass is 9.56. The van der Waals surface area contributed by atoms with Crippen molar-refractivity contribution in [2.24, 2.45) is 11.1 Å². The van der Waals surface area contributed by atoms with Crippen LogP contribution in [0.25, 0.3) is 0 Å². The predicted octanol–water partition coefficient (Wildman–Crippen LogP) is 0.858. The monoisotopic (exact) mass is 251 g/mol. The first kappa shape index (κ1) is 12.4. The molecule has 1 spiro atoms. The Labute approximate surface area is 109 Å². The molecular weight excluding hydrogens is 226 g/mol. The zero-order chi connectivity index (χ0) is 12.6. The Kier molecular flexibility index (Phi) is 3.32. The molecule has 0 aromatic rings. The van der Waals surface area contributed by atoms with Crippen molar-refractivity contribution in [1.82, 2.24) is 10.2 Å². The lowest BCUT2D eigenvalue weighted by Crippen LogP contribution is -2.66. The molecule has 3 fully saturated rings. The van der Waals surface area contributed by atoms with Crippen molar-refractivity contribution in [3.05, 3.63) is 0 Å². The van der Waals surface area contributed by atoms with Crippen LogP contribution in [0.15, 0.2) is 0 Å². The Hall–Kier alpha value is -0.610. The van der Waals surface area contributed by atoms with Crippen LogP contribution >= 0.6 is 0 Å². The van der Waals surface area contributed by atoms with Crippen LogP contribution in [-0.4, -0.2) is 42.5 Å². The molecule has 4 nitrogen and oxygen atoms in total. The van der Waals surface area contributed by atoms with E-state index >= 15 is 0 Å². The minimum Gasteiger partial charge on any atom is -0.368 e. The van der Waals surface area contributed by atoms with Crippen LogP contribution in [0.4, 0.5) is 0 Å². The summed E-state index contributed by atoms with van der Waals surface area (Å²) >= 11 is 0. The van der Waals surface area contributed by atoms with Crippen molar-refractivity contribution >= 4 is 5.91 Å². The van der Waals surface area contributed by atoms with Gasteiger partial charge in [0.25, 0.3) is 0 Å². The highest BCUT2D eigenvalue weighted by atomic mass is 16.1. The molecule has 2 atom stereocenters. The number of rotatable bonds is 2. The second kappa shape index (κ2) is 4.82. The van der Waals surface area contributed by atoms with E-state index in [1.807, 2.05) is 0 Å². The van der Waals surface area contributed by atoms with Gasteiger partial charge in [-0.15, -0.1) is 0 Å². The molecule has 18 heavy (non-hydrogen) atoms. The van der Waals surface area contributed by atoms with Gasteiger partial charge in [-0.3, -0.25) is 9.69 Å². The molecule has 1 aliphatic heterocycles. The van der Waals surface area contributed by atoms with Gasteiger partial charge in [-0.1, -0.05) is 19.3 Å². The van der Waals surface area contributed by atoms with Crippen molar-refractivity contribution < 1.29 is 4.79 Å². The fourth-order valence-electron chi connectivity index (χ4n) is 4.40. The fraction of sp³-hybridized carbons (Fsp3) is 0.929. The highest BCUT2D eigenvalue weighted by molar-refractivity contribution is 5.80. The first-order valence-electron chi connectivity index (χ1n) is 7.49. The van der Waals surface area contributed by atoms with Crippen molar-refractivity contribution in [2.75, 3.05) is 19.6 Å². The van der Waals surface area contributed by atoms with Gasteiger partial charge in [0, 0.05) is 25.7 Å². The van der Waals surface area contributed by atoms with Gasteiger partial charge in [-0.05, 0) is 31.1 Å². The summed E-state index contributed by atoms with van der Waals surface area (Å²) in [4.78, 5) is 14.0. The summed E-state index contributed by atoms with van der Waals surface area (Å²) in [6, 6.07) is 0.542. The van der Waals surface area contributed by atoms with E-state index in [0.717, 1.165) is 19.6 Å². The van der Waals surface area contributed by atoms with Gasteiger partial charge in [0.15, 0.2) is 0 Å². The smallest absolute Gasteiger partial charge is 0.236 e. The van der Waals surface area contributed by atoms with Crippen LogP contribution < -0.4 is 11.1 Å². The van der Waals surface area contributed by atoms with Crippen LogP contribution in [0.1, 0.15) is 44.9 Å².